The molecule has 0 radical (unpaired) electrons. The lowest BCUT2D eigenvalue weighted by atomic mass is 10.3. The predicted octanol–water partition coefficient (Wildman–Crippen LogP) is 4.52. The summed E-state index contributed by atoms with van der Waals surface area (Å²) in [5.74, 6) is -1.09. The second-order valence-corrected chi connectivity index (χ2v) is 4.58. The lowest BCUT2D eigenvalue weighted by Crippen LogP contribution is -1.99. The fraction of sp³-hybridized carbons (Fsp3) is 0. The predicted molar refractivity (Wildman–Crippen MR) is 66.6 cm³/mol. The Balaban J connectivity index is 2.33. The van der Waals surface area contributed by atoms with E-state index in [-0.39, 0.29) is 5.69 Å². The molecule has 6 heteroatoms. The van der Waals surface area contributed by atoms with E-state index >= 15 is 0 Å². The second kappa shape index (κ2) is 4.98. The van der Waals surface area contributed by atoms with E-state index in [0.717, 1.165) is 0 Å². The Bertz CT molecular complexity index is 523. The largest absolute Gasteiger partial charge is 0.335 e. The quantitative estimate of drug-likeness (QED) is 0.880. The van der Waals surface area contributed by atoms with E-state index in [2.05, 4.69) is 26.2 Å². The maximum atomic E-state index is 13.5. The van der Waals surface area contributed by atoms with Crippen LogP contribution in [0.2, 0.25) is 5.02 Å². The minimum absolute atomic E-state index is 0.247. The summed E-state index contributed by atoms with van der Waals surface area (Å²) in [6, 6.07) is 5.44. The molecule has 0 atom stereocenters. The molecule has 0 aliphatic carbocycles. The van der Waals surface area contributed by atoms with Gasteiger partial charge in [-0.2, -0.15) is 0 Å². The van der Waals surface area contributed by atoms with Crippen LogP contribution in [-0.4, -0.2) is 4.98 Å². The van der Waals surface area contributed by atoms with Gasteiger partial charge in [-0.3, -0.25) is 0 Å². The standard InChI is InChI=1S/C11H6BrClF2N2/c12-6-3-8(14)11(9(15)4-6)17-10-2-1-7(13)5-16-10/h1-5H,(H,16,17). The number of hydrogen-bond donors (Lipinski definition) is 1. The molecule has 1 heterocycles. The Morgan fingerprint density at radius 1 is 1.18 bits per heavy atom. The van der Waals surface area contributed by atoms with Crippen molar-refractivity contribution >= 4 is 39.0 Å². The first kappa shape index (κ1) is 12.3. The first-order chi connectivity index (χ1) is 8.06. The summed E-state index contributed by atoms with van der Waals surface area (Å²) >= 11 is 8.65. The molecule has 17 heavy (non-hydrogen) atoms. The number of nitrogens with one attached hydrogen (secondary N) is 1. The molecule has 0 bridgehead atoms. The molecule has 0 unspecified atom stereocenters. The monoisotopic (exact) mass is 318 g/mol. The summed E-state index contributed by atoms with van der Waals surface area (Å²) in [5.41, 5.74) is -0.247. The van der Waals surface area contributed by atoms with Gasteiger partial charge in [-0.25, -0.2) is 13.8 Å². The highest BCUT2D eigenvalue weighted by molar-refractivity contribution is 9.10. The molecule has 2 rings (SSSR count). The smallest absolute Gasteiger partial charge is 0.150 e. The van der Waals surface area contributed by atoms with Crippen molar-refractivity contribution in [2.45, 2.75) is 0 Å². The maximum Gasteiger partial charge on any atom is 0.150 e. The Morgan fingerprint density at radius 3 is 2.35 bits per heavy atom. The Morgan fingerprint density at radius 2 is 1.82 bits per heavy atom. The zero-order valence-electron chi connectivity index (χ0n) is 8.35. The van der Waals surface area contributed by atoms with Gasteiger partial charge in [0.25, 0.3) is 0 Å². The van der Waals surface area contributed by atoms with Gasteiger partial charge in [0.1, 0.15) is 11.5 Å². The molecule has 88 valence electrons. The van der Waals surface area contributed by atoms with Crippen molar-refractivity contribution in [3.63, 3.8) is 0 Å². The fourth-order valence-electron chi connectivity index (χ4n) is 1.24. The number of rotatable bonds is 2. The second-order valence-electron chi connectivity index (χ2n) is 3.23. The van der Waals surface area contributed by atoms with Crippen LogP contribution in [0.5, 0.6) is 0 Å². The van der Waals surface area contributed by atoms with Crippen LogP contribution in [-0.2, 0) is 0 Å². The van der Waals surface area contributed by atoms with Gasteiger partial charge in [-0.05, 0) is 24.3 Å². The zero-order chi connectivity index (χ0) is 12.4. The van der Waals surface area contributed by atoms with Crippen molar-refractivity contribution in [1.82, 2.24) is 4.98 Å². The van der Waals surface area contributed by atoms with Crippen LogP contribution in [0.1, 0.15) is 0 Å². The zero-order valence-corrected chi connectivity index (χ0v) is 10.7. The molecule has 1 N–H and O–H groups in total. The van der Waals surface area contributed by atoms with Gasteiger partial charge in [-0.15, -0.1) is 0 Å². The van der Waals surface area contributed by atoms with Crippen LogP contribution in [0, 0.1) is 11.6 Å². The molecule has 0 spiro atoms. The Hall–Kier alpha value is -1.20. The van der Waals surface area contributed by atoms with Crippen molar-refractivity contribution in [2.75, 3.05) is 5.32 Å². The number of halogens is 4. The molecular formula is C11H6BrClF2N2. The Labute approximate surface area is 110 Å². The number of benzene rings is 1. The fourth-order valence-corrected chi connectivity index (χ4v) is 1.75. The van der Waals surface area contributed by atoms with E-state index in [4.69, 9.17) is 11.6 Å². The topological polar surface area (TPSA) is 24.9 Å². The van der Waals surface area contributed by atoms with Crippen molar-refractivity contribution in [1.29, 1.82) is 0 Å². The first-order valence-corrected chi connectivity index (χ1v) is 5.76. The molecule has 0 aliphatic rings. The van der Waals surface area contributed by atoms with Crippen molar-refractivity contribution in [3.8, 4) is 0 Å². The maximum absolute atomic E-state index is 13.5. The highest BCUT2D eigenvalue weighted by atomic mass is 79.9. The average molecular weight is 320 g/mol. The van der Waals surface area contributed by atoms with Crippen molar-refractivity contribution in [3.05, 3.63) is 51.6 Å². The summed E-state index contributed by atoms with van der Waals surface area (Å²) in [6.07, 6.45) is 1.39. The van der Waals surface area contributed by atoms with E-state index in [1.807, 2.05) is 0 Å². The number of anilines is 2. The van der Waals surface area contributed by atoms with Crippen LogP contribution in [0.4, 0.5) is 20.3 Å². The van der Waals surface area contributed by atoms with E-state index < -0.39 is 11.6 Å². The summed E-state index contributed by atoms with van der Waals surface area (Å²) in [5, 5.41) is 3.01. The number of aromatic nitrogens is 1. The lowest BCUT2D eigenvalue weighted by molar-refractivity contribution is 0.589. The van der Waals surface area contributed by atoms with Crippen LogP contribution >= 0.6 is 27.5 Å². The molecule has 2 aromatic rings. The van der Waals surface area contributed by atoms with Gasteiger partial charge in [0.15, 0.2) is 11.6 Å². The minimum Gasteiger partial charge on any atom is -0.335 e. The highest BCUT2D eigenvalue weighted by Gasteiger charge is 2.11. The summed E-state index contributed by atoms with van der Waals surface area (Å²) in [6.45, 7) is 0. The Kier molecular flexibility index (Phi) is 3.59. The molecule has 1 aromatic carbocycles. The van der Waals surface area contributed by atoms with Crippen LogP contribution < -0.4 is 5.32 Å². The third kappa shape index (κ3) is 2.92. The van der Waals surface area contributed by atoms with Crippen molar-refractivity contribution < 1.29 is 8.78 Å². The summed E-state index contributed by atoms with van der Waals surface area (Å²) in [4.78, 5) is 3.89. The first-order valence-electron chi connectivity index (χ1n) is 4.59. The third-order valence-corrected chi connectivity index (χ3v) is 2.67. The molecule has 0 fully saturated rings. The molecular weight excluding hydrogens is 313 g/mol. The van der Waals surface area contributed by atoms with E-state index in [9.17, 15) is 8.78 Å². The van der Waals surface area contributed by atoms with Gasteiger partial charge in [0, 0.05) is 10.7 Å². The summed E-state index contributed by atoms with van der Waals surface area (Å²) < 4.78 is 27.3. The molecule has 2 nitrogen and oxygen atoms in total. The third-order valence-electron chi connectivity index (χ3n) is 1.99. The van der Waals surface area contributed by atoms with Gasteiger partial charge in [-0.1, -0.05) is 27.5 Å². The molecule has 0 saturated carbocycles. The number of nitrogens with zero attached hydrogens (tertiary/aromatic N) is 1. The van der Waals surface area contributed by atoms with Crippen LogP contribution in [0.15, 0.2) is 34.9 Å². The van der Waals surface area contributed by atoms with E-state index in [1.165, 1.54) is 24.4 Å². The van der Waals surface area contributed by atoms with E-state index in [0.29, 0.717) is 15.3 Å². The molecule has 0 saturated heterocycles. The van der Waals surface area contributed by atoms with Gasteiger partial charge >= 0.3 is 0 Å². The van der Waals surface area contributed by atoms with Gasteiger partial charge < -0.3 is 5.32 Å². The molecule has 0 amide bonds. The van der Waals surface area contributed by atoms with Crippen LogP contribution in [0.3, 0.4) is 0 Å². The SMILES string of the molecule is Fc1cc(Br)cc(F)c1Nc1ccc(Cl)cn1. The number of hydrogen-bond acceptors (Lipinski definition) is 2. The average Bonchev–Trinajstić information content (AvgIpc) is 2.26. The van der Waals surface area contributed by atoms with Gasteiger partial charge in [0.05, 0.1) is 5.02 Å². The minimum atomic E-state index is -0.700. The lowest BCUT2D eigenvalue weighted by Gasteiger charge is -2.08. The van der Waals surface area contributed by atoms with Crippen molar-refractivity contribution in [2.24, 2.45) is 0 Å². The van der Waals surface area contributed by atoms with Crippen LogP contribution in [0.25, 0.3) is 0 Å². The van der Waals surface area contributed by atoms with Gasteiger partial charge in [0.2, 0.25) is 0 Å². The molecule has 1 aromatic heterocycles. The normalized spacial score (nSPS) is 10.4. The summed E-state index contributed by atoms with van der Waals surface area (Å²) in [7, 11) is 0. The number of pyridine rings is 1. The highest BCUT2D eigenvalue weighted by Crippen LogP contribution is 2.26. The van der Waals surface area contributed by atoms with E-state index in [1.54, 1.807) is 6.07 Å². The molecule has 0 aliphatic heterocycles.